The molecule has 1 aliphatic heterocycles. The van der Waals surface area contributed by atoms with Crippen molar-refractivity contribution in [2.75, 3.05) is 38.7 Å². The van der Waals surface area contributed by atoms with E-state index in [4.69, 9.17) is 9.98 Å². The summed E-state index contributed by atoms with van der Waals surface area (Å²) in [4.78, 5) is 9.92. The molecule has 0 radical (unpaired) electrons. The van der Waals surface area contributed by atoms with Gasteiger partial charge in [-0.2, -0.15) is 0 Å². The Labute approximate surface area is 139 Å². The van der Waals surface area contributed by atoms with Gasteiger partial charge in [0, 0.05) is 0 Å². The van der Waals surface area contributed by atoms with Gasteiger partial charge in [0.2, 0.25) is 0 Å². The molecule has 0 aliphatic carbocycles. The van der Waals surface area contributed by atoms with Crippen LogP contribution in [0.2, 0.25) is 0 Å². The second-order valence-electron chi connectivity index (χ2n) is 5.74. The van der Waals surface area contributed by atoms with Crippen molar-refractivity contribution in [1.29, 1.82) is 0 Å². The lowest BCUT2D eigenvalue weighted by molar-refractivity contribution is 0.893. The van der Waals surface area contributed by atoms with E-state index in [2.05, 4.69) is 51.5 Å². The molecule has 0 aromatic carbocycles. The van der Waals surface area contributed by atoms with E-state index in [-0.39, 0.29) is 15.8 Å². The van der Waals surface area contributed by atoms with Crippen LogP contribution in [0, 0.1) is 0 Å². The van der Waals surface area contributed by atoms with Gasteiger partial charge in [-0.1, -0.05) is 66.8 Å². The first-order chi connectivity index (χ1) is 10.7. The Morgan fingerprint density at radius 3 is 1.59 bits per heavy atom. The number of aliphatic imine (C=N–C) groups is 2. The molecular formula is C18H32N2P2. The summed E-state index contributed by atoms with van der Waals surface area (Å²) in [6, 6.07) is 0. The second-order valence-corrected chi connectivity index (χ2v) is 10.3. The topological polar surface area (TPSA) is 24.7 Å². The number of nitrogens with zero attached hydrogens (tertiary/aromatic N) is 2. The van der Waals surface area contributed by atoms with Gasteiger partial charge in [0.25, 0.3) is 0 Å². The SMILES string of the molecule is CCCC[P@@](C)C1=NC/C=C\C=C/CN=C1[P@](C)CCCC. The number of hydrogen-bond acceptors (Lipinski definition) is 2. The molecule has 0 aromatic rings. The molecule has 0 saturated carbocycles. The molecule has 4 heteroatoms. The van der Waals surface area contributed by atoms with Crippen LogP contribution in [-0.2, 0) is 0 Å². The molecule has 22 heavy (non-hydrogen) atoms. The molecule has 2 nitrogen and oxygen atoms in total. The van der Waals surface area contributed by atoms with E-state index in [0.29, 0.717) is 0 Å². The Hall–Kier alpha value is -0.320. The zero-order valence-electron chi connectivity index (χ0n) is 14.8. The van der Waals surface area contributed by atoms with Crippen molar-refractivity contribution in [2.45, 2.75) is 39.5 Å². The maximum Gasteiger partial charge on any atom is 0.0830 e. The molecule has 0 N–H and O–H groups in total. The summed E-state index contributed by atoms with van der Waals surface area (Å²) in [7, 11) is -0.327. The number of allylic oxidation sites excluding steroid dienone is 2. The molecule has 0 unspecified atom stereocenters. The Bertz CT molecular complexity index is 385. The van der Waals surface area contributed by atoms with Crippen LogP contribution in [0.1, 0.15) is 39.5 Å². The lowest BCUT2D eigenvalue weighted by Crippen LogP contribution is -2.15. The van der Waals surface area contributed by atoms with Gasteiger partial charge in [-0.15, -0.1) is 0 Å². The highest BCUT2D eigenvalue weighted by Crippen LogP contribution is 2.44. The van der Waals surface area contributed by atoms with E-state index in [0.717, 1.165) is 13.1 Å². The van der Waals surface area contributed by atoms with E-state index in [1.807, 2.05) is 0 Å². The van der Waals surface area contributed by atoms with E-state index in [1.165, 1.54) is 48.9 Å². The van der Waals surface area contributed by atoms with Gasteiger partial charge in [0.1, 0.15) is 0 Å². The third kappa shape index (κ3) is 7.30. The van der Waals surface area contributed by atoms with E-state index in [1.54, 1.807) is 0 Å². The predicted octanol–water partition coefficient (Wildman–Crippen LogP) is 5.73. The Morgan fingerprint density at radius 1 is 0.818 bits per heavy atom. The van der Waals surface area contributed by atoms with Crippen molar-refractivity contribution in [3.63, 3.8) is 0 Å². The van der Waals surface area contributed by atoms with Crippen molar-refractivity contribution >= 4 is 26.7 Å². The zero-order chi connectivity index (χ0) is 16.2. The normalized spacial score (nSPS) is 21.5. The highest BCUT2D eigenvalue weighted by Gasteiger charge is 2.20. The second kappa shape index (κ2) is 12.1. The van der Waals surface area contributed by atoms with E-state index < -0.39 is 0 Å². The predicted molar refractivity (Wildman–Crippen MR) is 108 cm³/mol. The molecule has 0 saturated heterocycles. The van der Waals surface area contributed by atoms with Crippen LogP contribution in [-0.4, -0.2) is 49.6 Å². The van der Waals surface area contributed by atoms with Gasteiger partial charge in [0.05, 0.1) is 24.0 Å². The molecule has 124 valence electrons. The monoisotopic (exact) mass is 338 g/mol. The molecule has 0 spiro atoms. The van der Waals surface area contributed by atoms with Gasteiger partial charge in [-0.25, -0.2) is 0 Å². The summed E-state index contributed by atoms with van der Waals surface area (Å²) in [6.07, 6.45) is 16.2. The summed E-state index contributed by atoms with van der Waals surface area (Å²) in [6.45, 7) is 10.9. The largest absolute Gasteiger partial charge is 0.279 e. The first-order valence-electron chi connectivity index (χ1n) is 8.53. The zero-order valence-corrected chi connectivity index (χ0v) is 16.5. The third-order valence-electron chi connectivity index (χ3n) is 3.69. The van der Waals surface area contributed by atoms with Gasteiger partial charge in [-0.3, -0.25) is 9.98 Å². The standard InChI is InChI=1S/C18H32N2P2/c1-5-7-15-21(3)17-18(22(4)16-8-6-2)20-14-12-10-9-11-13-19-17/h9-12H,5-8,13-16H2,1-4H3/b11-9-,12-10-,19-17?,20-18?/t21-,22-/m1/s1. The molecule has 1 aliphatic rings. The highest BCUT2D eigenvalue weighted by atomic mass is 31.1. The Kier molecular flexibility index (Phi) is 10.9. The molecular weight excluding hydrogens is 306 g/mol. The number of hydrogen-bond donors (Lipinski definition) is 0. The van der Waals surface area contributed by atoms with Crippen molar-refractivity contribution in [1.82, 2.24) is 0 Å². The summed E-state index contributed by atoms with van der Waals surface area (Å²) in [5.74, 6) is 0. The molecule has 0 amide bonds. The summed E-state index contributed by atoms with van der Waals surface area (Å²) >= 11 is 0. The van der Waals surface area contributed by atoms with Crippen molar-refractivity contribution < 1.29 is 0 Å². The molecule has 1 rings (SSSR count). The fourth-order valence-corrected chi connectivity index (χ4v) is 6.78. The third-order valence-corrected chi connectivity index (χ3v) is 8.00. The summed E-state index contributed by atoms with van der Waals surface area (Å²) < 4.78 is 0. The van der Waals surface area contributed by atoms with Crippen LogP contribution < -0.4 is 0 Å². The quantitative estimate of drug-likeness (QED) is 0.505. The Balaban J connectivity index is 2.97. The van der Waals surface area contributed by atoms with Crippen molar-refractivity contribution in [2.24, 2.45) is 9.98 Å². The first kappa shape index (κ1) is 19.7. The maximum absolute atomic E-state index is 4.96. The molecule has 0 fully saturated rings. The maximum atomic E-state index is 4.96. The fraction of sp³-hybridized carbons (Fsp3) is 0.667. The van der Waals surface area contributed by atoms with Crippen LogP contribution in [0.3, 0.4) is 0 Å². The van der Waals surface area contributed by atoms with Gasteiger partial charge >= 0.3 is 0 Å². The number of rotatable bonds is 8. The Morgan fingerprint density at radius 2 is 1.23 bits per heavy atom. The van der Waals surface area contributed by atoms with E-state index in [9.17, 15) is 0 Å². The molecule has 2 atom stereocenters. The lowest BCUT2D eigenvalue weighted by Gasteiger charge is -2.22. The fourth-order valence-electron chi connectivity index (χ4n) is 2.28. The van der Waals surface area contributed by atoms with Gasteiger partial charge in [-0.05, 0) is 38.5 Å². The summed E-state index contributed by atoms with van der Waals surface area (Å²) in [5, 5.41) is 0. The van der Waals surface area contributed by atoms with Crippen LogP contribution >= 0.6 is 15.8 Å². The van der Waals surface area contributed by atoms with Crippen LogP contribution in [0.25, 0.3) is 0 Å². The van der Waals surface area contributed by atoms with Crippen molar-refractivity contribution in [3.8, 4) is 0 Å². The summed E-state index contributed by atoms with van der Waals surface area (Å²) in [5.41, 5.74) is 2.71. The molecule has 0 bridgehead atoms. The average molecular weight is 338 g/mol. The minimum absolute atomic E-state index is 0.163. The smallest absolute Gasteiger partial charge is 0.0830 e. The number of unbranched alkanes of at least 4 members (excludes halogenated alkanes) is 2. The lowest BCUT2D eigenvalue weighted by atomic mass is 10.4. The van der Waals surface area contributed by atoms with Crippen molar-refractivity contribution in [3.05, 3.63) is 24.3 Å². The highest BCUT2D eigenvalue weighted by molar-refractivity contribution is 7.88. The average Bonchev–Trinajstić information content (AvgIpc) is 2.54. The van der Waals surface area contributed by atoms with Crippen LogP contribution in [0.4, 0.5) is 0 Å². The molecule has 0 aromatic heterocycles. The van der Waals surface area contributed by atoms with E-state index >= 15 is 0 Å². The first-order valence-corrected chi connectivity index (χ1v) is 12.5. The van der Waals surface area contributed by atoms with Crippen LogP contribution in [0.5, 0.6) is 0 Å². The van der Waals surface area contributed by atoms with Gasteiger partial charge < -0.3 is 0 Å². The molecule has 1 heterocycles. The van der Waals surface area contributed by atoms with Gasteiger partial charge in [0.15, 0.2) is 0 Å². The minimum Gasteiger partial charge on any atom is -0.279 e. The van der Waals surface area contributed by atoms with Crippen LogP contribution in [0.15, 0.2) is 34.3 Å². The minimum atomic E-state index is -0.163.